The van der Waals surface area contributed by atoms with Crippen LogP contribution >= 0.6 is 0 Å². The number of carbonyl (C=O) groups is 2. The Kier molecular flexibility index (Phi) is 4.56. The van der Waals surface area contributed by atoms with E-state index in [0.717, 1.165) is 0 Å². The molecule has 6 heteroatoms. The van der Waals surface area contributed by atoms with Gasteiger partial charge in [-0.2, -0.15) is 0 Å². The molecule has 0 spiro atoms. The van der Waals surface area contributed by atoms with Crippen LogP contribution in [-0.4, -0.2) is 65.3 Å². The van der Waals surface area contributed by atoms with Gasteiger partial charge in [0.05, 0.1) is 6.42 Å². The molecule has 0 radical (unpaired) electrons. The Balaban J connectivity index is 2.26. The van der Waals surface area contributed by atoms with Gasteiger partial charge in [0.2, 0.25) is 0 Å². The van der Waals surface area contributed by atoms with E-state index in [4.69, 9.17) is 9.84 Å². The molecule has 0 aromatic heterocycles. The molecule has 18 heavy (non-hydrogen) atoms. The first-order valence-electron chi connectivity index (χ1n) is 6.09. The van der Waals surface area contributed by atoms with Gasteiger partial charge in [-0.15, -0.1) is 0 Å². The number of likely N-dealkylation sites (N-methyl/N-ethyl adjacent to an activating group) is 1. The summed E-state index contributed by atoms with van der Waals surface area (Å²) < 4.78 is 5.24. The summed E-state index contributed by atoms with van der Waals surface area (Å²) in [5, 5.41) is 8.59. The molecule has 0 bridgehead atoms. The minimum Gasteiger partial charge on any atom is -0.481 e. The first-order chi connectivity index (χ1) is 8.19. The van der Waals surface area contributed by atoms with Gasteiger partial charge in [-0.1, -0.05) is 0 Å². The number of aliphatic carboxylic acids is 1. The lowest BCUT2D eigenvalue weighted by Crippen LogP contribution is -2.61. The van der Waals surface area contributed by atoms with Crippen LogP contribution in [0.5, 0.6) is 0 Å². The number of carbonyl (C=O) groups excluding carboxylic acids is 1. The molecule has 1 aliphatic heterocycles. The molecule has 0 aromatic carbocycles. The number of nitrogens with zero attached hydrogens (tertiary/aromatic N) is 2. The van der Waals surface area contributed by atoms with Crippen LogP contribution < -0.4 is 0 Å². The summed E-state index contributed by atoms with van der Waals surface area (Å²) in [6.45, 7) is 7.21. The fourth-order valence-electron chi connectivity index (χ4n) is 1.66. The van der Waals surface area contributed by atoms with Crippen molar-refractivity contribution in [3.8, 4) is 0 Å². The average molecular weight is 258 g/mol. The third-order valence-corrected chi connectivity index (χ3v) is 2.82. The van der Waals surface area contributed by atoms with Crippen LogP contribution in [0.2, 0.25) is 0 Å². The number of hydrogen-bond acceptors (Lipinski definition) is 4. The van der Waals surface area contributed by atoms with Crippen molar-refractivity contribution >= 4 is 12.1 Å². The van der Waals surface area contributed by atoms with Crippen molar-refractivity contribution in [1.29, 1.82) is 0 Å². The van der Waals surface area contributed by atoms with Gasteiger partial charge in [-0.3, -0.25) is 9.69 Å². The molecule has 1 saturated heterocycles. The molecule has 104 valence electrons. The lowest BCUT2D eigenvalue weighted by atomic mass is 10.1. The Hall–Kier alpha value is -1.30. The maximum absolute atomic E-state index is 11.7. The SMILES string of the molecule is CN(CCC(=O)O)C1CN(C(=O)OC(C)(C)C)C1. The Morgan fingerprint density at radius 3 is 2.39 bits per heavy atom. The third kappa shape index (κ3) is 4.52. The molecular formula is C12H22N2O4. The molecule has 6 nitrogen and oxygen atoms in total. The van der Waals surface area contributed by atoms with E-state index in [1.165, 1.54) is 0 Å². The summed E-state index contributed by atoms with van der Waals surface area (Å²) in [5.74, 6) is -0.801. The molecule has 1 heterocycles. The minimum absolute atomic E-state index is 0.124. The minimum atomic E-state index is -0.801. The number of rotatable bonds is 4. The fraction of sp³-hybridized carbons (Fsp3) is 0.833. The molecule has 0 saturated carbocycles. The standard InChI is InChI=1S/C12H22N2O4/c1-12(2,3)18-11(17)14-7-9(8-14)13(4)6-5-10(15)16/h9H,5-8H2,1-4H3,(H,15,16). The highest BCUT2D eigenvalue weighted by Gasteiger charge is 2.35. The molecule has 1 N–H and O–H groups in total. The average Bonchev–Trinajstić information content (AvgIpc) is 2.08. The van der Waals surface area contributed by atoms with E-state index < -0.39 is 11.6 Å². The van der Waals surface area contributed by atoms with Gasteiger partial charge < -0.3 is 14.7 Å². The van der Waals surface area contributed by atoms with Crippen molar-refractivity contribution in [3.05, 3.63) is 0 Å². The topological polar surface area (TPSA) is 70.1 Å². The summed E-state index contributed by atoms with van der Waals surface area (Å²) in [5.41, 5.74) is -0.475. The third-order valence-electron chi connectivity index (χ3n) is 2.82. The fourth-order valence-corrected chi connectivity index (χ4v) is 1.66. The molecule has 0 aromatic rings. The van der Waals surface area contributed by atoms with E-state index in [9.17, 15) is 9.59 Å². The maximum Gasteiger partial charge on any atom is 0.410 e. The van der Waals surface area contributed by atoms with Crippen LogP contribution in [0, 0.1) is 0 Å². The largest absolute Gasteiger partial charge is 0.481 e. The van der Waals surface area contributed by atoms with Gasteiger partial charge in [-0.05, 0) is 27.8 Å². The number of carboxylic acid groups (broad SMARTS) is 1. The van der Waals surface area contributed by atoms with E-state index in [2.05, 4.69) is 0 Å². The van der Waals surface area contributed by atoms with Gasteiger partial charge in [0.1, 0.15) is 5.60 Å². The first-order valence-corrected chi connectivity index (χ1v) is 6.09. The van der Waals surface area contributed by atoms with Crippen molar-refractivity contribution in [1.82, 2.24) is 9.80 Å². The normalized spacial score (nSPS) is 16.6. The smallest absolute Gasteiger partial charge is 0.410 e. The predicted octanol–water partition coefficient (Wildman–Crippen LogP) is 1.01. The summed E-state index contributed by atoms with van der Waals surface area (Å²) in [4.78, 5) is 25.7. The van der Waals surface area contributed by atoms with E-state index in [1.807, 2.05) is 32.7 Å². The lowest BCUT2D eigenvalue weighted by molar-refractivity contribution is -0.137. The molecule has 1 amide bonds. The number of likely N-dealkylation sites (tertiary alicyclic amines) is 1. The summed E-state index contributed by atoms with van der Waals surface area (Å²) in [6.07, 6.45) is -0.176. The van der Waals surface area contributed by atoms with Crippen molar-refractivity contribution in [3.63, 3.8) is 0 Å². The van der Waals surface area contributed by atoms with Crippen LogP contribution in [-0.2, 0) is 9.53 Å². The molecule has 0 aliphatic carbocycles. The number of ether oxygens (including phenoxy) is 1. The quantitative estimate of drug-likeness (QED) is 0.815. The molecule has 1 aliphatic rings. The van der Waals surface area contributed by atoms with E-state index in [-0.39, 0.29) is 18.6 Å². The Morgan fingerprint density at radius 2 is 1.94 bits per heavy atom. The van der Waals surface area contributed by atoms with Gasteiger partial charge in [0.15, 0.2) is 0 Å². The second-order valence-corrected chi connectivity index (χ2v) is 5.66. The van der Waals surface area contributed by atoms with Crippen molar-refractivity contribution in [2.75, 3.05) is 26.7 Å². The summed E-state index contributed by atoms with van der Waals surface area (Å²) in [7, 11) is 1.88. The highest BCUT2D eigenvalue weighted by atomic mass is 16.6. The zero-order chi connectivity index (χ0) is 13.9. The monoisotopic (exact) mass is 258 g/mol. The second kappa shape index (κ2) is 5.56. The van der Waals surface area contributed by atoms with E-state index in [0.29, 0.717) is 19.6 Å². The van der Waals surface area contributed by atoms with Crippen molar-refractivity contribution in [2.45, 2.75) is 38.8 Å². The van der Waals surface area contributed by atoms with E-state index >= 15 is 0 Å². The zero-order valence-corrected chi connectivity index (χ0v) is 11.5. The van der Waals surface area contributed by atoms with Crippen molar-refractivity contribution < 1.29 is 19.4 Å². The second-order valence-electron chi connectivity index (χ2n) is 5.66. The highest BCUT2D eigenvalue weighted by molar-refractivity contribution is 5.69. The lowest BCUT2D eigenvalue weighted by Gasteiger charge is -2.43. The molecule has 1 rings (SSSR count). The van der Waals surface area contributed by atoms with Gasteiger partial charge in [0.25, 0.3) is 0 Å². The Morgan fingerprint density at radius 1 is 1.39 bits per heavy atom. The maximum atomic E-state index is 11.7. The summed E-state index contributed by atoms with van der Waals surface area (Å²) >= 11 is 0. The molecular weight excluding hydrogens is 236 g/mol. The van der Waals surface area contributed by atoms with Crippen LogP contribution in [0.3, 0.4) is 0 Å². The first kappa shape index (κ1) is 14.8. The molecule has 1 fully saturated rings. The molecule has 0 atom stereocenters. The van der Waals surface area contributed by atoms with Gasteiger partial charge in [0, 0.05) is 25.7 Å². The van der Waals surface area contributed by atoms with Crippen LogP contribution in [0.25, 0.3) is 0 Å². The van der Waals surface area contributed by atoms with Crippen LogP contribution in [0.15, 0.2) is 0 Å². The van der Waals surface area contributed by atoms with Gasteiger partial charge in [-0.25, -0.2) is 4.79 Å². The molecule has 0 unspecified atom stereocenters. The van der Waals surface area contributed by atoms with Gasteiger partial charge >= 0.3 is 12.1 Å². The van der Waals surface area contributed by atoms with E-state index in [1.54, 1.807) is 4.90 Å². The Bertz CT molecular complexity index is 319. The summed E-state index contributed by atoms with van der Waals surface area (Å²) in [6, 6.07) is 0.233. The predicted molar refractivity (Wildman–Crippen MR) is 66.5 cm³/mol. The van der Waals surface area contributed by atoms with Crippen molar-refractivity contribution in [2.24, 2.45) is 0 Å². The van der Waals surface area contributed by atoms with Crippen LogP contribution in [0.1, 0.15) is 27.2 Å². The zero-order valence-electron chi connectivity index (χ0n) is 11.5. The number of carboxylic acids is 1. The van der Waals surface area contributed by atoms with Crippen LogP contribution in [0.4, 0.5) is 4.79 Å². The highest BCUT2D eigenvalue weighted by Crippen LogP contribution is 2.18. The Labute approximate surface area is 107 Å². The number of hydrogen-bond donors (Lipinski definition) is 1. The number of amides is 1.